The number of rotatable bonds is 2. The van der Waals surface area contributed by atoms with Gasteiger partial charge in [-0.2, -0.15) is 0 Å². The van der Waals surface area contributed by atoms with E-state index >= 15 is 0 Å². The summed E-state index contributed by atoms with van der Waals surface area (Å²) in [4.78, 5) is 9.59. The van der Waals surface area contributed by atoms with E-state index in [1.54, 1.807) is 0 Å². The van der Waals surface area contributed by atoms with Gasteiger partial charge in [-0.05, 0) is 0 Å². The number of methoxy groups -OCH3 is 1. The molecule has 0 rings (SSSR count). The van der Waals surface area contributed by atoms with Crippen LogP contribution in [0, 0.1) is 0 Å². The molecule has 0 aromatic rings. The molecule has 0 unspecified atom stereocenters. The van der Waals surface area contributed by atoms with E-state index < -0.39 is 5.97 Å². The first kappa shape index (κ1) is 12.1. The molecule has 1 N–H and O–H groups in total. The van der Waals surface area contributed by atoms with Crippen LogP contribution in [0.5, 0.6) is 0 Å². The van der Waals surface area contributed by atoms with Crippen molar-refractivity contribution in [3.63, 3.8) is 0 Å². The van der Waals surface area contributed by atoms with Crippen LogP contribution in [0.2, 0.25) is 0 Å². The summed E-state index contributed by atoms with van der Waals surface area (Å²) in [6, 6.07) is 0. The van der Waals surface area contributed by atoms with E-state index in [1.807, 2.05) is 0 Å². The van der Waals surface area contributed by atoms with Gasteiger partial charge in [-0.25, -0.2) is 4.79 Å². The van der Waals surface area contributed by atoms with E-state index in [0.29, 0.717) is 0 Å². The van der Waals surface area contributed by atoms with Crippen LogP contribution in [0.25, 0.3) is 0 Å². The molecule has 0 fully saturated rings. The summed E-state index contributed by atoms with van der Waals surface area (Å²) in [5.41, 5.74) is 0. The van der Waals surface area contributed by atoms with Crippen molar-refractivity contribution in [2.24, 2.45) is 0 Å². The van der Waals surface area contributed by atoms with Crippen LogP contribution in [0.15, 0.2) is 12.3 Å². The van der Waals surface area contributed by atoms with E-state index in [-0.39, 0.29) is 0 Å². The molecule has 0 aliphatic carbocycles. The van der Waals surface area contributed by atoms with Crippen LogP contribution in [-0.2, 0) is 13.6 Å². The minimum Gasteiger partial charge on any atom is -0.504 e. The lowest BCUT2D eigenvalue weighted by Gasteiger charge is -1.79. The van der Waals surface area contributed by atoms with Crippen LogP contribution in [0.4, 0.5) is 0 Å². The molecular formula is C4H12O4Si2. The van der Waals surface area contributed by atoms with Gasteiger partial charge >= 0.3 is 5.97 Å². The number of hydrogen-bond acceptors (Lipinski definition) is 3. The summed E-state index contributed by atoms with van der Waals surface area (Å²) < 4.78 is 8.82. The van der Waals surface area contributed by atoms with Crippen LogP contribution in [0.3, 0.4) is 0 Å². The summed E-state index contributed by atoms with van der Waals surface area (Å²) in [6.07, 6.45) is 2.02. The van der Waals surface area contributed by atoms with Crippen molar-refractivity contribution in [2.45, 2.75) is 0 Å². The Labute approximate surface area is 65.9 Å². The molecule has 0 spiro atoms. The van der Waals surface area contributed by atoms with Gasteiger partial charge in [0.15, 0.2) is 0 Å². The van der Waals surface area contributed by atoms with Crippen molar-refractivity contribution >= 4 is 26.9 Å². The maximum absolute atomic E-state index is 9.59. The molecule has 0 aromatic carbocycles. The zero-order valence-corrected chi connectivity index (χ0v) is 10.3. The Hall–Kier alpha value is -0.596. The molecule has 0 radical (unpaired) electrons. The van der Waals surface area contributed by atoms with Gasteiger partial charge in [0.05, 0.1) is 19.4 Å². The standard InChI is InChI=1S/C4H6O3.H6OSi2/c1-7-3-2-4(5)6;2-1-3/h2-3H,1H3,(H,5,6);2-3H3. The topological polar surface area (TPSA) is 55.8 Å². The highest BCUT2D eigenvalue weighted by Crippen LogP contribution is 1.69. The monoisotopic (exact) mass is 180 g/mol. The largest absolute Gasteiger partial charge is 0.504 e. The molecule has 10 heavy (non-hydrogen) atoms. The van der Waals surface area contributed by atoms with Gasteiger partial charge < -0.3 is 14.0 Å². The normalized spacial score (nSPS) is 8.90. The van der Waals surface area contributed by atoms with E-state index in [2.05, 4.69) is 8.85 Å². The van der Waals surface area contributed by atoms with Crippen molar-refractivity contribution in [3.05, 3.63) is 12.3 Å². The number of carbonyl (C=O) groups is 1. The van der Waals surface area contributed by atoms with E-state index in [0.717, 1.165) is 33.3 Å². The first-order valence-electron chi connectivity index (χ1n) is 2.51. The molecule has 0 aliphatic rings. The van der Waals surface area contributed by atoms with Crippen molar-refractivity contribution in [1.82, 2.24) is 0 Å². The van der Waals surface area contributed by atoms with Gasteiger partial charge in [0, 0.05) is 0 Å². The third-order valence-corrected chi connectivity index (χ3v) is 0.347. The molecule has 0 heterocycles. The molecule has 0 saturated heterocycles. The van der Waals surface area contributed by atoms with Gasteiger partial charge in [-0.3, -0.25) is 0 Å². The quantitative estimate of drug-likeness (QED) is 0.297. The predicted molar refractivity (Wildman–Crippen MR) is 44.7 cm³/mol. The Morgan fingerprint density at radius 1 is 1.60 bits per heavy atom. The summed E-state index contributed by atoms with van der Waals surface area (Å²) in [6.45, 7) is 0. The molecular weight excluding hydrogens is 168 g/mol. The van der Waals surface area contributed by atoms with Gasteiger partial charge in [0.2, 0.25) is 0 Å². The molecule has 0 amide bonds. The maximum Gasteiger partial charge on any atom is 0.331 e. The molecule has 4 nitrogen and oxygen atoms in total. The molecule has 6 heteroatoms. The first-order valence-corrected chi connectivity index (χ1v) is 4.14. The van der Waals surface area contributed by atoms with Gasteiger partial charge in [-0.15, -0.1) is 0 Å². The average Bonchev–Trinajstić information content (AvgIpc) is 1.85. The highest BCUT2D eigenvalue weighted by molar-refractivity contribution is 6.15. The summed E-state index contributed by atoms with van der Waals surface area (Å²) in [5, 5.41) is 7.88. The fourth-order valence-electron chi connectivity index (χ4n) is 0.126. The lowest BCUT2D eigenvalue weighted by atomic mass is 10.7. The summed E-state index contributed by atoms with van der Waals surface area (Å²) in [7, 11) is 3.25. The SMILES string of the molecule is COC=CC(=O)O.[SiH3]O[SiH3]. The van der Waals surface area contributed by atoms with Crippen molar-refractivity contribution in [2.75, 3.05) is 7.11 Å². The van der Waals surface area contributed by atoms with Crippen molar-refractivity contribution in [3.8, 4) is 0 Å². The van der Waals surface area contributed by atoms with Crippen molar-refractivity contribution < 1.29 is 18.8 Å². The van der Waals surface area contributed by atoms with Crippen LogP contribution in [0.1, 0.15) is 0 Å². The smallest absolute Gasteiger partial charge is 0.331 e. The van der Waals surface area contributed by atoms with Crippen LogP contribution in [-0.4, -0.2) is 39.2 Å². The second-order valence-corrected chi connectivity index (χ2v) is 4.55. The number of carboxylic acid groups (broad SMARTS) is 1. The number of carboxylic acids is 1. The Bertz CT molecular complexity index is 103. The van der Waals surface area contributed by atoms with Gasteiger partial charge in [0.1, 0.15) is 21.0 Å². The minimum absolute atomic E-state index is 0.917. The maximum atomic E-state index is 9.59. The molecule has 0 atom stereocenters. The highest BCUT2D eigenvalue weighted by Gasteiger charge is 1.80. The molecule has 60 valence electrons. The second-order valence-electron chi connectivity index (χ2n) is 1.28. The first-order chi connectivity index (χ1) is 4.68. The van der Waals surface area contributed by atoms with E-state index in [9.17, 15) is 4.79 Å². The number of aliphatic carboxylic acids is 1. The average molecular weight is 180 g/mol. The Balaban J connectivity index is 0. The van der Waals surface area contributed by atoms with Crippen LogP contribution >= 0.6 is 0 Å². The Kier molecular flexibility index (Phi) is 13.6. The second kappa shape index (κ2) is 11.2. The van der Waals surface area contributed by atoms with Gasteiger partial charge in [-0.1, -0.05) is 0 Å². The Morgan fingerprint density at radius 3 is 2.10 bits per heavy atom. The van der Waals surface area contributed by atoms with Crippen molar-refractivity contribution in [1.29, 1.82) is 0 Å². The third-order valence-electron chi connectivity index (χ3n) is 0.347. The zero-order valence-electron chi connectivity index (χ0n) is 6.33. The predicted octanol–water partition coefficient (Wildman–Crippen LogP) is -2.21. The molecule has 0 aliphatic heterocycles. The fraction of sp³-hybridized carbons (Fsp3) is 0.250. The molecule has 0 aromatic heterocycles. The molecule has 0 saturated carbocycles. The highest BCUT2D eigenvalue weighted by atomic mass is 28.3. The Morgan fingerprint density at radius 2 is 2.00 bits per heavy atom. The summed E-state index contributed by atoms with van der Waals surface area (Å²) >= 11 is 0. The lowest BCUT2D eigenvalue weighted by Crippen LogP contribution is -1.85. The number of hydrogen-bond donors (Lipinski definition) is 1. The lowest BCUT2D eigenvalue weighted by molar-refractivity contribution is -0.131. The van der Waals surface area contributed by atoms with Crippen LogP contribution < -0.4 is 0 Å². The zero-order chi connectivity index (χ0) is 8.41. The van der Waals surface area contributed by atoms with E-state index in [1.165, 1.54) is 7.11 Å². The van der Waals surface area contributed by atoms with Gasteiger partial charge in [0.25, 0.3) is 0 Å². The third kappa shape index (κ3) is 26.2. The summed E-state index contributed by atoms with van der Waals surface area (Å²) in [5.74, 6) is -0.998. The van der Waals surface area contributed by atoms with E-state index in [4.69, 9.17) is 5.11 Å². The number of ether oxygens (including phenoxy) is 1. The minimum atomic E-state index is -0.998. The molecule has 0 bridgehead atoms. The fourth-order valence-corrected chi connectivity index (χ4v) is 0.126.